The number of hydrogen-bond donors (Lipinski definition) is 1. The number of para-hydroxylation sites is 1. The summed E-state index contributed by atoms with van der Waals surface area (Å²) in [6, 6.07) is 6.13. The van der Waals surface area contributed by atoms with E-state index in [1.54, 1.807) is 0 Å². The highest BCUT2D eigenvalue weighted by Gasteiger charge is 2.14. The van der Waals surface area contributed by atoms with Crippen LogP contribution < -0.4 is 4.74 Å². The van der Waals surface area contributed by atoms with E-state index < -0.39 is 6.10 Å². The third kappa shape index (κ3) is 8.16. The molecule has 0 heterocycles. The molecule has 3 heteroatoms. The van der Waals surface area contributed by atoms with Gasteiger partial charge >= 0.3 is 0 Å². The molecule has 3 nitrogen and oxygen atoms in total. The molecule has 1 rings (SSSR count). The second-order valence-corrected chi connectivity index (χ2v) is 7.85. The van der Waals surface area contributed by atoms with Gasteiger partial charge in [-0.15, -0.1) is 0 Å². The highest BCUT2D eigenvalue weighted by Crippen LogP contribution is 2.22. The molecule has 0 amide bonds. The molecule has 1 aromatic carbocycles. The lowest BCUT2D eigenvalue weighted by atomic mass is 10.1. The maximum atomic E-state index is 10.4. The second kappa shape index (κ2) is 10.7. The molecule has 0 aliphatic carbocycles. The van der Waals surface area contributed by atoms with Crippen molar-refractivity contribution >= 4 is 0 Å². The van der Waals surface area contributed by atoms with Crippen molar-refractivity contribution in [3.8, 4) is 5.75 Å². The number of aliphatic hydroxyl groups is 1. The topological polar surface area (TPSA) is 32.7 Å². The second-order valence-electron chi connectivity index (χ2n) is 7.85. The van der Waals surface area contributed by atoms with Gasteiger partial charge in [-0.05, 0) is 62.7 Å². The molecule has 1 N–H and O–H groups in total. The predicted molar refractivity (Wildman–Crippen MR) is 103 cm³/mol. The van der Waals surface area contributed by atoms with Gasteiger partial charge in [-0.25, -0.2) is 0 Å². The van der Waals surface area contributed by atoms with Crippen LogP contribution in [0, 0.1) is 25.7 Å². The summed E-state index contributed by atoms with van der Waals surface area (Å²) in [7, 11) is 0. The third-order valence-corrected chi connectivity index (χ3v) is 4.34. The summed E-state index contributed by atoms with van der Waals surface area (Å²) in [5.41, 5.74) is 2.25. The summed E-state index contributed by atoms with van der Waals surface area (Å²) < 4.78 is 5.90. The maximum Gasteiger partial charge on any atom is 0.125 e. The Morgan fingerprint density at radius 1 is 0.958 bits per heavy atom. The molecule has 138 valence electrons. The Balaban J connectivity index is 2.52. The summed E-state index contributed by atoms with van der Waals surface area (Å²) in [6.45, 7) is 16.2. The van der Waals surface area contributed by atoms with Crippen molar-refractivity contribution < 1.29 is 9.84 Å². The molecule has 0 saturated carbocycles. The van der Waals surface area contributed by atoms with Crippen molar-refractivity contribution in [2.24, 2.45) is 11.8 Å². The van der Waals surface area contributed by atoms with E-state index in [9.17, 15) is 5.11 Å². The van der Waals surface area contributed by atoms with Gasteiger partial charge in [0.05, 0.1) is 0 Å². The van der Waals surface area contributed by atoms with Crippen LogP contribution in [0.25, 0.3) is 0 Å². The Morgan fingerprint density at radius 2 is 1.46 bits per heavy atom. The number of benzene rings is 1. The first kappa shape index (κ1) is 21.0. The smallest absolute Gasteiger partial charge is 0.125 e. The normalized spacial score (nSPS) is 13.1. The van der Waals surface area contributed by atoms with Crippen molar-refractivity contribution in [2.75, 3.05) is 26.2 Å². The van der Waals surface area contributed by atoms with Crippen LogP contribution >= 0.6 is 0 Å². The molecule has 0 radical (unpaired) electrons. The van der Waals surface area contributed by atoms with Crippen molar-refractivity contribution in [3.05, 3.63) is 29.3 Å². The van der Waals surface area contributed by atoms with E-state index in [0.29, 0.717) is 25.0 Å². The average molecular weight is 336 g/mol. The van der Waals surface area contributed by atoms with Gasteiger partial charge in [-0.2, -0.15) is 0 Å². The SMILES string of the molecule is Cc1cccc(C)c1OCC(O)CN(CCC(C)C)CCC(C)C. The van der Waals surface area contributed by atoms with Gasteiger partial charge in [0, 0.05) is 6.54 Å². The summed E-state index contributed by atoms with van der Waals surface area (Å²) in [4.78, 5) is 2.39. The predicted octanol–water partition coefficient (Wildman–Crippen LogP) is 4.44. The third-order valence-electron chi connectivity index (χ3n) is 4.34. The van der Waals surface area contributed by atoms with Crippen LogP contribution in [0.1, 0.15) is 51.7 Å². The zero-order valence-electron chi connectivity index (χ0n) is 16.5. The Bertz CT molecular complexity index is 439. The fraction of sp³-hybridized carbons (Fsp3) is 0.714. The summed E-state index contributed by atoms with van der Waals surface area (Å²) >= 11 is 0. The highest BCUT2D eigenvalue weighted by atomic mass is 16.5. The first-order chi connectivity index (χ1) is 11.3. The van der Waals surface area contributed by atoms with Crippen molar-refractivity contribution in [3.63, 3.8) is 0 Å². The molecule has 1 aromatic rings. The van der Waals surface area contributed by atoms with Gasteiger partial charge < -0.3 is 14.7 Å². The Kier molecular flexibility index (Phi) is 9.38. The van der Waals surface area contributed by atoms with E-state index in [0.717, 1.165) is 30.0 Å². The quantitative estimate of drug-likeness (QED) is 0.649. The standard InChI is InChI=1S/C21H37NO2/c1-16(2)10-12-22(13-11-17(3)4)14-20(23)15-24-21-18(5)8-7-9-19(21)6/h7-9,16-17,20,23H,10-15H2,1-6H3. The van der Waals surface area contributed by atoms with E-state index in [2.05, 4.69) is 32.6 Å². The Hall–Kier alpha value is -1.06. The van der Waals surface area contributed by atoms with Gasteiger partial charge in [0.25, 0.3) is 0 Å². The molecule has 0 fully saturated rings. The number of ether oxygens (including phenoxy) is 1. The van der Waals surface area contributed by atoms with Crippen LogP contribution in [0.3, 0.4) is 0 Å². The van der Waals surface area contributed by atoms with E-state index in [-0.39, 0.29) is 0 Å². The van der Waals surface area contributed by atoms with E-state index in [1.165, 1.54) is 12.8 Å². The first-order valence-corrected chi connectivity index (χ1v) is 9.39. The molecule has 0 saturated heterocycles. The van der Waals surface area contributed by atoms with Gasteiger partial charge in [0.15, 0.2) is 0 Å². The lowest BCUT2D eigenvalue weighted by Crippen LogP contribution is -2.37. The summed E-state index contributed by atoms with van der Waals surface area (Å²) in [5, 5.41) is 10.4. The number of aliphatic hydroxyl groups excluding tert-OH is 1. The number of hydrogen-bond acceptors (Lipinski definition) is 3. The van der Waals surface area contributed by atoms with Crippen molar-refractivity contribution in [2.45, 2.75) is 60.5 Å². The van der Waals surface area contributed by atoms with Crippen LogP contribution in [0.4, 0.5) is 0 Å². The molecule has 1 unspecified atom stereocenters. The summed E-state index contributed by atoms with van der Waals surface area (Å²) in [5.74, 6) is 2.29. The monoisotopic (exact) mass is 335 g/mol. The molecule has 0 aliphatic rings. The molecular weight excluding hydrogens is 298 g/mol. The van der Waals surface area contributed by atoms with Gasteiger partial charge in [-0.1, -0.05) is 45.9 Å². The zero-order valence-corrected chi connectivity index (χ0v) is 16.5. The number of nitrogens with zero attached hydrogens (tertiary/aromatic N) is 1. The Morgan fingerprint density at radius 3 is 1.92 bits per heavy atom. The lowest BCUT2D eigenvalue weighted by molar-refractivity contribution is 0.0645. The highest BCUT2D eigenvalue weighted by molar-refractivity contribution is 5.39. The summed E-state index contributed by atoms with van der Waals surface area (Å²) in [6.07, 6.45) is 1.88. The molecule has 0 aliphatic heterocycles. The molecule has 0 aromatic heterocycles. The van der Waals surface area contributed by atoms with Gasteiger partial charge in [0.2, 0.25) is 0 Å². The van der Waals surface area contributed by atoms with Crippen LogP contribution in [-0.4, -0.2) is 42.4 Å². The zero-order chi connectivity index (χ0) is 18.1. The lowest BCUT2D eigenvalue weighted by Gasteiger charge is -2.27. The largest absolute Gasteiger partial charge is 0.490 e. The minimum Gasteiger partial charge on any atom is -0.490 e. The fourth-order valence-electron chi connectivity index (χ4n) is 2.73. The van der Waals surface area contributed by atoms with Crippen LogP contribution in [0.2, 0.25) is 0 Å². The molecule has 1 atom stereocenters. The van der Waals surface area contributed by atoms with E-state index >= 15 is 0 Å². The fourth-order valence-corrected chi connectivity index (χ4v) is 2.73. The van der Waals surface area contributed by atoms with Gasteiger partial charge in [-0.3, -0.25) is 0 Å². The molecule has 0 bridgehead atoms. The van der Waals surface area contributed by atoms with Crippen LogP contribution in [-0.2, 0) is 0 Å². The van der Waals surface area contributed by atoms with E-state index in [1.807, 2.05) is 32.0 Å². The molecule has 24 heavy (non-hydrogen) atoms. The maximum absolute atomic E-state index is 10.4. The minimum absolute atomic E-state index is 0.353. The van der Waals surface area contributed by atoms with Gasteiger partial charge in [0.1, 0.15) is 18.5 Å². The number of rotatable bonds is 11. The molecular formula is C21H37NO2. The molecule has 0 spiro atoms. The van der Waals surface area contributed by atoms with E-state index in [4.69, 9.17) is 4.74 Å². The van der Waals surface area contributed by atoms with Crippen LogP contribution in [0.15, 0.2) is 18.2 Å². The van der Waals surface area contributed by atoms with Crippen LogP contribution in [0.5, 0.6) is 5.75 Å². The first-order valence-electron chi connectivity index (χ1n) is 9.39. The number of aryl methyl sites for hydroxylation is 2. The Labute approximate surface area is 149 Å². The van der Waals surface area contributed by atoms with Crippen molar-refractivity contribution in [1.29, 1.82) is 0 Å². The van der Waals surface area contributed by atoms with Crippen molar-refractivity contribution in [1.82, 2.24) is 4.90 Å². The average Bonchev–Trinajstić information content (AvgIpc) is 2.49. The minimum atomic E-state index is -0.455.